The molecule has 4 N–H and O–H groups in total. The van der Waals surface area contributed by atoms with Crippen LogP contribution in [0.4, 0.5) is 16.0 Å². The first-order valence-corrected chi connectivity index (χ1v) is 9.20. The molecule has 1 aliphatic rings. The largest absolute Gasteiger partial charge is 0.382 e. The molecule has 0 unspecified atom stereocenters. The van der Waals surface area contributed by atoms with E-state index < -0.39 is 5.82 Å². The van der Waals surface area contributed by atoms with Crippen LogP contribution in [0, 0.1) is 17.1 Å². The summed E-state index contributed by atoms with van der Waals surface area (Å²) in [6.45, 7) is 0.350. The van der Waals surface area contributed by atoms with E-state index in [-0.39, 0.29) is 23.3 Å². The van der Waals surface area contributed by atoms with Gasteiger partial charge in [0.15, 0.2) is 0 Å². The second-order valence-corrected chi connectivity index (χ2v) is 6.81. The molecule has 0 spiro atoms. The van der Waals surface area contributed by atoms with Crippen LogP contribution in [0.2, 0.25) is 0 Å². The number of benzene rings is 1. The van der Waals surface area contributed by atoms with Gasteiger partial charge in [-0.25, -0.2) is 14.4 Å². The average Bonchev–Trinajstić information content (AvgIpc) is 3.52. The molecule has 0 atom stereocenters. The summed E-state index contributed by atoms with van der Waals surface area (Å²) in [7, 11) is 0. The predicted molar refractivity (Wildman–Crippen MR) is 106 cm³/mol. The van der Waals surface area contributed by atoms with Crippen LogP contribution < -0.4 is 16.4 Å². The summed E-state index contributed by atoms with van der Waals surface area (Å²) < 4.78 is 14.2. The summed E-state index contributed by atoms with van der Waals surface area (Å²) in [5, 5.41) is 15.5. The normalized spacial score (nSPS) is 13.1. The monoisotopic (exact) mass is 391 g/mol. The summed E-state index contributed by atoms with van der Waals surface area (Å²) >= 11 is 0. The number of rotatable bonds is 6. The fourth-order valence-electron chi connectivity index (χ4n) is 3.02. The zero-order chi connectivity index (χ0) is 20.4. The van der Waals surface area contributed by atoms with Gasteiger partial charge in [0.05, 0.1) is 16.8 Å². The number of nitrogens with two attached hydrogens (primary N) is 1. The molecular formula is C20H18FN7O. The third-order valence-corrected chi connectivity index (χ3v) is 4.68. The van der Waals surface area contributed by atoms with E-state index >= 15 is 0 Å². The van der Waals surface area contributed by atoms with Crippen LogP contribution >= 0.6 is 0 Å². The van der Waals surface area contributed by atoms with E-state index in [0.717, 1.165) is 12.8 Å². The van der Waals surface area contributed by atoms with Gasteiger partial charge in [-0.05, 0) is 31.0 Å². The first-order valence-electron chi connectivity index (χ1n) is 9.20. The Hall–Kier alpha value is -3.80. The Labute approximate surface area is 166 Å². The van der Waals surface area contributed by atoms with Gasteiger partial charge < -0.3 is 16.4 Å². The predicted octanol–water partition coefficient (Wildman–Crippen LogP) is 2.16. The molecule has 0 saturated heterocycles. The lowest BCUT2D eigenvalue weighted by atomic mass is 10.1. The zero-order valence-electron chi connectivity index (χ0n) is 15.4. The molecule has 146 valence electrons. The topological polar surface area (TPSA) is 130 Å². The van der Waals surface area contributed by atoms with Crippen molar-refractivity contribution >= 4 is 28.4 Å². The Morgan fingerprint density at radius 1 is 1.34 bits per heavy atom. The van der Waals surface area contributed by atoms with E-state index in [9.17, 15) is 14.4 Å². The van der Waals surface area contributed by atoms with Crippen LogP contribution in [0.1, 0.15) is 34.5 Å². The van der Waals surface area contributed by atoms with Gasteiger partial charge in [0.25, 0.3) is 5.91 Å². The van der Waals surface area contributed by atoms with E-state index in [1.54, 1.807) is 18.2 Å². The minimum atomic E-state index is -0.421. The number of hydrogen-bond donors (Lipinski definition) is 3. The number of anilines is 2. The van der Waals surface area contributed by atoms with Gasteiger partial charge >= 0.3 is 0 Å². The van der Waals surface area contributed by atoms with Crippen molar-refractivity contribution in [2.75, 3.05) is 17.6 Å². The van der Waals surface area contributed by atoms with Gasteiger partial charge in [-0.1, -0.05) is 6.07 Å². The molecule has 1 saturated carbocycles. The molecule has 1 amide bonds. The highest BCUT2D eigenvalue weighted by Crippen LogP contribution is 2.23. The van der Waals surface area contributed by atoms with Gasteiger partial charge in [0.2, 0.25) is 0 Å². The first-order chi connectivity index (χ1) is 14.1. The van der Waals surface area contributed by atoms with E-state index in [4.69, 9.17) is 5.73 Å². The SMILES string of the molecule is N#Cc1c(N)ncnc1NCCc1nc2cccc(F)c2cc1C(=O)NC1CC1. The van der Waals surface area contributed by atoms with Gasteiger partial charge in [0, 0.05) is 24.4 Å². The smallest absolute Gasteiger partial charge is 0.253 e. The van der Waals surface area contributed by atoms with Gasteiger partial charge in [-0.15, -0.1) is 0 Å². The summed E-state index contributed by atoms with van der Waals surface area (Å²) in [5.41, 5.74) is 7.21. The third kappa shape index (κ3) is 3.91. The Kier molecular flexibility index (Phi) is 4.91. The molecule has 1 fully saturated rings. The molecule has 4 rings (SSSR count). The molecule has 0 aliphatic heterocycles. The van der Waals surface area contributed by atoms with Crippen molar-refractivity contribution in [3.05, 3.63) is 53.2 Å². The summed E-state index contributed by atoms with van der Waals surface area (Å²) in [6, 6.07) is 8.32. The number of nitrogens with zero attached hydrogens (tertiary/aromatic N) is 4. The van der Waals surface area contributed by atoms with Crippen LogP contribution in [-0.4, -0.2) is 33.4 Å². The van der Waals surface area contributed by atoms with Crippen LogP contribution in [0.25, 0.3) is 10.9 Å². The van der Waals surface area contributed by atoms with E-state index in [1.165, 1.54) is 12.4 Å². The number of pyridine rings is 1. The van der Waals surface area contributed by atoms with Gasteiger partial charge in [0.1, 0.15) is 35.4 Å². The number of hydrogen-bond acceptors (Lipinski definition) is 7. The lowest BCUT2D eigenvalue weighted by molar-refractivity contribution is 0.0950. The third-order valence-electron chi connectivity index (χ3n) is 4.68. The number of halogens is 1. The molecular weight excluding hydrogens is 373 g/mol. The standard InChI is InChI=1S/C20H18FN7O/c21-15-2-1-3-16-12(15)8-13(20(29)27-11-4-5-11)17(28-16)6-7-24-19-14(9-22)18(23)25-10-26-19/h1-3,8,10-11H,4-7H2,(H,27,29)(H3,23,24,25,26). The molecule has 2 heterocycles. The lowest BCUT2D eigenvalue weighted by Crippen LogP contribution is -2.27. The van der Waals surface area contributed by atoms with Gasteiger partial charge in [-0.2, -0.15) is 5.26 Å². The number of carbonyl (C=O) groups is 1. The molecule has 3 aromatic rings. The molecule has 1 aromatic carbocycles. The molecule has 8 nitrogen and oxygen atoms in total. The highest BCUT2D eigenvalue weighted by Gasteiger charge is 2.25. The molecule has 29 heavy (non-hydrogen) atoms. The van der Waals surface area contributed by atoms with Crippen LogP contribution in [0.5, 0.6) is 0 Å². The van der Waals surface area contributed by atoms with Crippen molar-refractivity contribution in [3.63, 3.8) is 0 Å². The summed E-state index contributed by atoms with van der Waals surface area (Å²) in [5.74, 6) is -0.274. The lowest BCUT2D eigenvalue weighted by Gasteiger charge is -2.12. The minimum absolute atomic E-state index is 0.0915. The molecule has 1 aliphatic carbocycles. The Morgan fingerprint density at radius 2 is 2.17 bits per heavy atom. The van der Waals surface area contributed by atoms with Crippen molar-refractivity contribution in [2.24, 2.45) is 0 Å². The van der Waals surface area contributed by atoms with Crippen LogP contribution in [0.15, 0.2) is 30.6 Å². The number of fused-ring (bicyclic) bond motifs is 1. The maximum absolute atomic E-state index is 14.2. The van der Waals surface area contributed by atoms with Crippen LogP contribution in [0.3, 0.4) is 0 Å². The zero-order valence-corrected chi connectivity index (χ0v) is 15.4. The Balaban J connectivity index is 1.61. The van der Waals surface area contributed by atoms with Crippen molar-refractivity contribution in [1.82, 2.24) is 20.3 Å². The molecule has 9 heteroatoms. The second-order valence-electron chi connectivity index (χ2n) is 6.81. The van der Waals surface area contributed by atoms with E-state index in [2.05, 4.69) is 25.6 Å². The number of nitrogens with one attached hydrogen (secondary N) is 2. The van der Waals surface area contributed by atoms with E-state index in [0.29, 0.717) is 40.9 Å². The highest BCUT2D eigenvalue weighted by atomic mass is 19.1. The second kappa shape index (κ2) is 7.67. The number of nitrogen functional groups attached to an aromatic ring is 1. The fourth-order valence-corrected chi connectivity index (χ4v) is 3.02. The maximum atomic E-state index is 14.2. The van der Waals surface area contributed by atoms with Gasteiger partial charge in [-0.3, -0.25) is 9.78 Å². The average molecular weight is 391 g/mol. The Morgan fingerprint density at radius 3 is 2.93 bits per heavy atom. The molecule has 0 radical (unpaired) electrons. The maximum Gasteiger partial charge on any atom is 0.253 e. The molecule has 0 bridgehead atoms. The number of aromatic nitrogens is 3. The summed E-state index contributed by atoms with van der Waals surface area (Å²) in [6.07, 6.45) is 3.53. The number of amides is 1. The van der Waals surface area contributed by atoms with Crippen LogP contribution in [-0.2, 0) is 6.42 Å². The van der Waals surface area contributed by atoms with Crippen molar-refractivity contribution < 1.29 is 9.18 Å². The van der Waals surface area contributed by atoms with Crippen molar-refractivity contribution in [3.8, 4) is 6.07 Å². The highest BCUT2D eigenvalue weighted by molar-refractivity contribution is 5.99. The van der Waals surface area contributed by atoms with Crippen molar-refractivity contribution in [2.45, 2.75) is 25.3 Å². The first kappa shape index (κ1) is 18.6. The summed E-state index contributed by atoms with van der Waals surface area (Å²) in [4.78, 5) is 25.0. The quantitative estimate of drug-likeness (QED) is 0.587. The van der Waals surface area contributed by atoms with E-state index in [1.807, 2.05) is 6.07 Å². The number of carbonyl (C=O) groups excluding carboxylic acids is 1. The number of nitriles is 1. The minimum Gasteiger partial charge on any atom is -0.382 e. The fraction of sp³-hybridized carbons (Fsp3) is 0.250. The van der Waals surface area contributed by atoms with Crippen molar-refractivity contribution in [1.29, 1.82) is 5.26 Å². The Bertz CT molecular complexity index is 1140. The molecule has 2 aromatic heterocycles.